The zero-order valence-electron chi connectivity index (χ0n) is 70.8. The second-order valence-corrected chi connectivity index (χ2v) is 29.8. The summed E-state index contributed by atoms with van der Waals surface area (Å²) in [6.07, 6.45) is 17.4. The number of nitriles is 2. The van der Waals surface area contributed by atoms with Crippen molar-refractivity contribution in [2.24, 2.45) is 0 Å². The minimum absolute atomic E-state index is 0.183. The normalized spacial score (nSPS) is 10.9. The summed E-state index contributed by atoms with van der Waals surface area (Å²) in [4.78, 5) is 123. The second kappa shape index (κ2) is 39.3. The van der Waals surface area contributed by atoms with Crippen molar-refractivity contribution in [1.82, 2.24) is 77.6 Å². The van der Waals surface area contributed by atoms with Crippen LogP contribution in [0.2, 0.25) is 0 Å². The molecule has 0 radical (unpaired) electrons. The fraction of sp³-hybridized carbons (Fsp3) is 0.0784. The molecule has 0 fully saturated rings. The number of carboxylic acids is 1. The molecule has 10 aromatic heterocycles. The van der Waals surface area contributed by atoms with E-state index in [9.17, 15) is 38.7 Å². The molecule has 644 valence electrons. The number of aromatic amines is 5. The van der Waals surface area contributed by atoms with E-state index in [0.717, 1.165) is 97.4 Å². The quantitative estimate of drug-likeness (QED) is 0.0323. The smallest absolute Gasteiger partial charge is 0.338 e. The van der Waals surface area contributed by atoms with Gasteiger partial charge in [-0.2, -0.15) is 10.5 Å². The zero-order valence-corrected chi connectivity index (χ0v) is 70.8. The molecular weight excluding hydrogens is 1650 g/mol. The van der Waals surface area contributed by atoms with Crippen LogP contribution in [0.3, 0.4) is 0 Å². The molecule has 6 N–H and O–H groups in total. The van der Waals surface area contributed by atoms with Crippen LogP contribution in [0.15, 0.2) is 354 Å². The number of para-hydroxylation sites is 4. The van der Waals surface area contributed by atoms with Gasteiger partial charge in [0.2, 0.25) is 0 Å². The maximum Gasteiger partial charge on any atom is 0.338 e. The van der Waals surface area contributed by atoms with Gasteiger partial charge in [0.15, 0.2) is 0 Å². The lowest BCUT2D eigenvalue weighted by Gasteiger charge is -2.10. The highest BCUT2D eigenvalue weighted by Crippen LogP contribution is 2.37. The van der Waals surface area contributed by atoms with Crippen molar-refractivity contribution in [2.45, 2.75) is 13.3 Å². The summed E-state index contributed by atoms with van der Waals surface area (Å²) in [6.45, 7) is 3.74. The topological polar surface area (TPSA) is 386 Å². The molecule has 20 rings (SSSR count). The number of rotatable bonds is 19. The third-order valence-electron chi connectivity index (χ3n) is 21.3. The number of nitrogens with one attached hydrogen (secondary N) is 5. The molecule has 131 heavy (non-hydrogen) atoms. The average molecular weight is 1730 g/mol. The van der Waals surface area contributed by atoms with Crippen molar-refractivity contribution < 1.29 is 28.9 Å². The summed E-state index contributed by atoms with van der Waals surface area (Å²) in [5.74, 6) is 0.206. The monoisotopic (exact) mass is 1730 g/mol. The molecule has 0 saturated heterocycles. The molecule has 0 unspecified atom stereocenters. The van der Waals surface area contributed by atoms with Crippen molar-refractivity contribution in [2.75, 3.05) is 41.0 Å². The largest absolute Gasteiger partial charge is 0.497 e. The van der Waals surface area contributed by atoms with Crippen LogP contribution in [0.4, 0.5) is 0 Å². The van der Waals surface area contributed by atoms with E-state index in [1.54, 1.807) is 79.3 Å². The first kappa shape index (κ1) is 86.3. The Kier molecular flexibility index (Phi) is 25.9. The molecule has 10 heterocycles. The Morgan fingerprint density at radius 1 is 0.374 bits per heavy atom. The minimum Gasteiger partial charge on any atom is -0.497 e. The van der Waals surface area contributed by atoms with Gasteiger partial charge < -0.3 is 72.0 Å². The molecular formula is C102H80N18O11. The lowest BCUT2D eigenvalue weighted by Crippen LogP contribution is -2.15. The molecule has 10 aromatic carbocycles. The first-order valence-corrected chi connectivity index (χ1v) is 41.3. The predicted molar refractivity (Wildman–Crippen MR) is 503 cm³/mol. The van der Waals surface area contributed by atoms with E-state index in [-0.39, 0.29) is 39.3 Å². The Hall–Kier alpha value is -18.2. The number of carbonyl (C=O) groups is 2. The number of aromatic nitrogens is 15. The number of nitrogens with zero attached hydrogens (tertiary/aromatic N) is 13. The van der Waals surface area contributed by atoms with E-state index < -0.39 is 5.97 Å². The van der Waals surface area contributed by atoms with Gasteiger partial charge in [-0.3, -0.25) is 24.0 Å². The SMILES string of the molecule is CCOC(=O)c1cccc(-c2cn(-c3ccccc3)c3c(=O)[nH]cnc23)c1.COc1ccc(-n2cc(-c3ccc(OCCCN(C)C)cc3)c3nc[nH]c(=O)c32)cc1.N#Cc1ccc(-c2cn(-c3ccccc3)c3c(=O)[nH]cnc23)cc1.N#Cc1cccc(-c2cn(-c3ccccc3)c3c(=O)[nH]cnc23)c1.O=C(O)c1cccc(-c2cn(-c3ccccc3)c3c(=O)[nH]cnc23)c1. The maximum absolute atomic E-state index is 12.6. The van der Waals surface area contributed by atoms with Crippen LogP contribution in [0, 0.1) is 22.7 Å². The first-order chi connectivity index (χ1) is 63.9. The van der Waals surface area contributed by atoms with Gasteiger partial charge >= 0.3 is 11.9 Å². The summed E-state index contributed by atoms with van der Waals surface area (Å²) < 4.78 is 25.3. The number of carboxylic acid groups (broad SMARTS) is 1. The minimum atomic E-state index is -1.00. The Morgan fingerprint density at radius 3 is 1.04 bits per heavy atom. The predicted octanol–water partition coefficient (Wildman–Crippen LogP) is 16.9. The van der Waals surface area contributed by atoms with Gasteiger partial charge in [0, 0.05) is 93.8 Å². The van der Waals surface area contributed by atoms with Gasteiger partial charge in [0.05, 0.1) is 86.4 Å². The summed E-state index contributed by atoms with van der Waals surface area (Å²) in [6, 6.07) is 86.3. The van der Waals surface area contributed by atoms with Crippen LogP contribution >= 0.6 is 0 Å². The summed E-state index contributed by atoms with van der Waals surface area (Å²) in [5, 5.41) is 27.3. The molecule has 20 aromatic rings. The number of ether oxygens (including phenoxy) is 3. The molecule has 0 amide bonds. The number of aromatic carboxylic acids is 1. The molecule has 29 nitrogen and oxygen atoms in total. The highest BCUT2D eigenvalue weighted by atomic mass is 16.5. The molecule has 0 aliphatic carbocycles. The lowest BCUT2D eigenvalue weighted by atomic mass is 10.0. The van der Waals surface area contributed by atoms with Gasteiger partial charge in [-0.25, -0.2) is 34.5 Å². The Bertz CT molecular complexity index is 7960. The Labute approximate surface area is 745 Å². The Balaban J connectivity index is 0.000000120. The van der Waals surface area contributed by atoms with E-state index >= 15 is 0 Å². The number of carbonyl (C=O) groups excluding carboxylic acids is 1. The fourth-order valence-electron chi connectivity index (χ4n) is 15.1. The zero-order chi connectivity index (χ0) is 91.0. The van der Waals surface area contributed by atoms with E-state index in [2.05, 4.69) is 81.0 Å². The molecule has 0 aliphatic rings. The second-order valence-electron chi connectivity index (χ2n) is 29.8. The third kappa shape index (κ3) is 18.8. The molecule has 0 saturated carbocycles. The summed E-state index contributed by atoms with van der Waals surface area (Å²) in [5.41, 5.74) is 18.7. The number of hydrogen-bond acceptors (Lipinski definition) is 18. The van der Waals surface area contributed by atoms with E-state index in [1.807, 2.05) is 249 Å². The van der Waals surface area contributed by atoms with Crippen LogP contribution in [0.25, 0.3) is 139 Å². The maximum atomic E-state index is 12.6. The van der Waals surface area contributed by atoms with Crippen LogP contribution in [-0.2, 0) is 4.74 Å². The van der Waals surface area contributed by atoms with E-state index in [4.69, 9.17) is 24.7 Å². The molecule has 0 spiro atoms. The summed E-state index contributed by atoms with van der Waals surface area (Å²) >= 11 is 0. The van der Waals surface area contributed by atoms with Crippen molar-refractivity contribution in [3.8, 4) is 108 Å². The highest BCUT2D eigenvalue weighted by Gasteiger charge is 2.23. The molecule has 0 aliphatic heterocycles. The molecule has 0 bridgehead atoms. The van der Waals surface area contributed by atoms with Crippen LogP contribution in [-0.4, -0.2) is 136 Å². The number of methoxy groups -OCH3 is 1. The fourth-order valence-corrected chi connectivity index (χ4v) is 15.1. The molecule has 0 atom stereocenters. The number of esters is 1. The number of hydrogen-bond donors (Lipinski definition) is 6. The van der Waals surface area contributed by atoms with Gasteiger partial charge in [0.1, 0.15) is 66.7 Å². The van der Waals surface area contributed by atoms with Crippen LogP contribution in [0.1, 0.15) is 45.2 Å². The number of fused-ring (bicyclic) bond motifs is 5. The highest BCUT2D eigenvalue weighted by molar-refractivity contribution is 6.00. The van der Waals surface area contributed by atoms with Crippen molar-refractivity contribution in [3.63, 3.8) is 0 Å². The van der Waals surface area contributed by atoms with E-state index in [0.29, 0.717) is 96.2 Å². The number of benzene rings is 10. The van der Waals surface area contributed by atoms with Crippen molar-refractivity contribution in [3.05, 3.63) is 404 Å². The Morgan fingerprint density at radius 2 is 0.695 bits per heavy atom. The lowest BCUT2D eigenvalue weighted by molar-refractivity contribution is 0.0525. The van der Waals surface area contributed by atoms with Crippen molar-refractivity contribution >= 4 is 67.1 Å². The van der Waals surface area contributed by atoms with E-state index in [1.165, 1.54) is 37.7 Å². The summed E-state index contributed by atoms with van der Waals surface area (Å²) in [7, 11) is 5.73. The van der Waals surface area contributed by atoms with Gasteiger partial charge in [-0.05, 0) is 189 Å². The van der Waals surface area contributed by atoms with Crippen LogP contribution in [0.5, 0.6) is 11.5 Å². The van der Waals surface area contributed by atoms with Gasteiger partial charge in [-0.1, -0.05) is 133 Å². The van der Waals surface area contributed by atoms with Gasteiger partial charge in [-0.15, -0.1) is 0 Å². The first-order valence-electron chi connectivity index (χ1n) is 41.3. The van der Waals surface area contributed by atoms with Crippen LogP contribution < -0.4 is 37.3 Å². The van der Waals surface area contributed by atoms with Crippen molar-refractivity contribution in [1.29, 1.82) is 10.5 Å². The average Bonchev–Trinajstić information content (AvgIpc) is 1.64. The number of H-pyrrole nitrogens is 5. The third-order valence-corrected chi connectivity index (χ3v) is 21.3. The standard InChI is InChI=1S/C24H26N4O3.C21H17N3O3.2C19H12N4O.C19H13N3O3/c1-27(2)13-4-14-31-20-9-5-17(6-10-20)21-15-28(18-7-11-19(30-3)12-8-18)23-22(21)25-16-26-24(23)29;1-2-27-21(26)15-8-6-7-14(11-15)17-12-24(16-9-4-3-5-10-16)19-18(17)22-13-23-20(19)25;20-10-13-5-4-6-14(9-13)16-11-23(15-7-2-1-3-8-15)18-17(16)21-12-22-19(18)24;20-10-13-6-8-14(9-7-13)16-11-23(15-4-2-1-3-5-15)18-17(16)21-12-22-19(18)24;23-18-17-16(20-11-21-18)15(10-22(17)14-7-2-1-3-8-14)12-5-4-6-13(9-12)19(24)25/h5-12,15-16H,4,13-14H2,1-3H3,(H,25,26,29);3-13H,2H2,1H3,(H,22,23,25);2*1-9,11-12H,(H,21,22,24);1-11H,(H,24,25)(H,20,21,23). The van der Waals surface area contributed by atoms with Gasteiger partial charge in [0.25, 0.3) is 27.8 Å². The molecule has 29 heteroatoms.